The van der Waals surface area contributed by atoms with Crippen molar-refractivity contribution in [1.29, 1.82) is 0 Å². The van der Waals surface area contributed by atoms with E-state index in [0.717, 1.165) is 12.4 Å². The predicted octanol–water partition coefficient (Wildman–Crippen LogP) is 8.04. The highest BCUT2D eigenvalue weighted by molar-refractivity contribution is 5.27. The van der Waals surface area contributed by atoms with Gasteiger partial charge in [-0.2, -0.15) is 0 Å². The number of unbranched alkanes of at least 4 members (excludes halogenated alkanes) is 13. The van der Waals surface area contributed by atoms with Gasteiger partial charge in [0.1, 0.15) is 18.5 Å². The minimum Gasteiger partial charge on any atom is -0.491 e. The highest BCUT2D eigenvalue weighted by atomic mass is 16.6. The standard InChI is InChI=1S/C27H44O2/c1-2-3-4-5-6-7-8-9-10-11-12-13-14-15-16-17-18-25-19-21-26(22-20-25)28-23-27-24-29-27/h2-3,19-22,27H,4-18,23-24H2,1H3/b3-2+. The predicted molar refractivity (Wildman–Crippen MR) is 125 cm³/mol. The first-order valence-corrected chi connectivity index (χ1v) is 12.3. The molecule has 2 nitrogen and oxygen atoms in total. The lowest BCUT2D eigenvalue weighted by molar-refractivity contribution is 0.263. The van der Waals surface area contributed by atoms with Gasteiger partial charge in [0.05, 0.1) is 6.61 Å². The fraction of sp³-hybridized carbons (Fsp3) is 0.704. The van der Waals surface area contributed by atoms with Crippen molar-refractivity contribution in [1.82, 2.24) is 0 Å². The van der Waals surface area contributed by atoms with Crippen molar-refractivity contribution >= 4 is 0 Å². The average Bonchev–Trinajstić information content (AvgIpc) is 3.57. The Morgan fingerprint density at radius 2 is 1.31 bits per heavy atom. The van der Waals surface area contributed by atoms with Crippen molar-refractivity contribution in [3.05, 3.63) is 42.0 Å². The SMILES string of the molecule is C/C=C/CCCCCCCCCCCCCCCc1ccc(OCC2CO2)cc1. The third-order valence-corrected chi connectivity index (χ3v) is 5.83. The molecule has 1 atom stereocenters. The molecule has 1 heterocycles. The zero-order valence-electron chi connectivity index (χ0n) is 18.9. The van der Waals surface area contributed by atoms with Crippen molar-refractivity contribution in [2.45, 2.75) is 109 Å². The summed E-state index contributed by atoms with van der Waals surface area (Å²) in [6.45, 7) is 3.66. The van der Waals surface area contributed by atoms with E-state index in [0.29, 0.717) is 12.7 Å². The van der Waals surface area contributed by atoms with Gasteiger partial charge in [-0.25, -0.2) is 0 Å². The summed E-state index contributed by atoms with van der Waals surface area (Å²) in [6.07, 6.45) is 25.6. The van der Waals surface area contributed by atoms with Crippen LogP contribution in [-0.4, -0.2) is 19.3 Å². The Bertz CT molecular complexity index is 516. The first-order valence-electron chi connectivity index (χ1n) is 12.3. The van der Waals surface area contributed by atoms with Crippen LogP contribution in [0.5, 0.6) is 5.75 Å². The second-order valence-corrected chi connectivity index (χ2v) is 8.61. The normalized spacial score (nSPS) is 15.8. The lowest BCUT2D eigenvalue weighted by atomic mass is 10.0. The summed E-state index contributed by atoms with van der Waals surface area (Å²) in [7, 11) is 0. The zero-order chi connectivity index (χ0) is 20.4. The summed E-state index contributed by atoms with van der Waals surface area (Å²) >= 11 is 0. The molecule has 0 aromatic heterocycles. The summed E-state index contributed by atoms with van der Waals surface area (Å²) in [4.78, 5) is 0. The van der Waals surface area contributed by atoms with E-state index >= 15 is 0 Å². The molecule has 0 spiro atoms. The zero-order valence-corrected chi connectivity index (χ0v) is 18.9. The molecule has 1 aromatic rings. The van der Waals surface area contributed by atoms with E-state index in [1.807, 2.05) is 0 Å². The van der Waals surface area contributed by atoms with E-state index in [9.17, 15) is 0 Å². The van der Waals surface area contributed by atoms with Crippen molar-refractivity contribution in [2.24, 2.45) is 0 Å². The van der Waals surface area contributed by atoms with Gasteiger partial charge in [-0.1, -0.05) is 94.9 Å². The van der Waals surface area contributed by atoms with Crippen LogP contribution in [0.4, 0.5) is 0 Å². The summed E-state index contributed by atoms with van der Waals surface area (Å²) in [6, 6.07) is 8.62. The fourth-order valence-corrected chi connectivity index (χ4v) is 3.81. The van der Waals surface area contributed by atoms with Gasteiger partial charge in [-0.3, -0.25) is 0 Å². The molecule has 1 aromatic carbocycles. The number of hydrogen-bond donors (Lipinski definition) is 0. The molecule has 1 unspecified atom stereocenters. The largest absolute Gasteiger partial charge is 0.491 e. The summed E-state index contributed by atoms with van der Waals surface area (Å²) < 4.78 is 10.9. The smallest absolute Gasteiger partial charge is 0.119 e. The highest BCUT2D eigenvalue weighted by Gasteiger charge is 2.22. The third kappa shape index (κ3) is 13.5. The van der Waals surface area contributed by atoms with Gasteiger partial charge in [0.2, 0.25) is 0 Å². The van der Waals surface area contributed by atoms with Gasteiger partial charge in [0, 0.05) is 0 Å². The summed E-state index contributed by atoms with van der Waals surface area (Å²) in [5.41, 5.74) is 1.43. The number of aryl methyl sites for hydroxylation is 1. The van der Waals surface area contributed by atoms with E-state index in [-0.39, 0.29) is 0 Å². The van der Waals surface area contributed by atoms with Crippen molar-refractivity contribution in [3.8, 4) is 5.75 Å². The molecule has 1 aliphatic rings. The molecule has 0 bridgehead atoms. The molecule has 0 amide bonds. The molecule has 0 saturated carbocycles. The lowest BCUT2D eigenvalue weighted by Gasteiger charge is -2.06. The summed E-state index contributed by atoms with van der Waals surface area (Å²) in [5, 5.41) is 0. The molecule has 0 N–H and O–H groups in total. The maximum Gasteiger partial charge on any atom is 0.119 e. The minimum atomic E-state index is 0.331. The quantitative estimate of drug-likeness (QED) is 0.133. The van der Waals surface area contributed by atoms with Gasteiger partial charge in [-0.15, -0.1) is 0 Å². The van der Waals surface area contributed by atoms with Crippen molar-refractivity contribution in [3.63, 3.8) is 0 Å². The fourth-order valence-electron chi connectivity index (χ4n) is 3.81. The van der Waals surface area contributed by atoms with E-state index < -0.39 is 0 Å². The molecule has 2 heteroatoms. The molecule has 29 heavy (non-hydrogen) atoms. The van der Waals surface area contributed by atoms with Gasteiger partial charge in [0.15, 0.2) is 0 Å². The maximum atomic E-state index is 5.69. The minimum absolute atomic E-state index is 0.331. The first kappa shape index (κ1) is 24.0. The molecular weight excluding hydrogens is 356 g/mol. The van der Waals surface area contributed by atoms with Crippen LogP contribution in [0.25, 0.3) is 0 Å². The molecule has 2 rings (SSSR count). The van der Waals surface area contributed by atoms with Crippen LogP contribution in [0.3, 0.4) is 0 Å². The number of ether oxygens (including phenoxy) is 2. The van der Waals surface area contributed by atoms with Crippen LogP contribution in [0, 0.1) is 0 Å². The van der Waals surface area contributed by atoms with Crippen molar-refractivity contribution in [2.75, 3.05) is 13.2 Å². The number of hydrogen-bond acceptors (Lipinski definition) is 2. The molecular formula is C27H44O2. The van der Waals surface area contributed by atoms with Crippen molar-refractivity contribution < 1.29 is 9.47 Å². The highest BCUT2D eigenvalue weighted by Crippen LogP contribution is 2.18. The Labute approximate surface area is 180 Å². The Balaban J connectivity index is 1.30. The summed E-state index contributed by atoms with van der Waals surface area (Å²) in [5.74, 6) is 0.966. The second kappa shape index (κ2) is 16.5. The Morgan fingerprint density at radius 1 is 0.793 bits per heavy atom. The molecule has 1 saturated heterocycles. The van der Waals surface area contributed by atoms with Gasteiger partial charge >= 0.3 is 0 Å². The number of allylic oxidation sites excluding steroid dienone is 2. The van der Waals surface area contributed by atoms with E-state index in [2.05, 4.69) is 43.3 Å². The Kier molecular flexibility index (Phi) is 13.7. The topological polar surface area (TPSA) is 21.8 Å². The molecule has 0 aliphatic carbocycles. The van der Waals surface area contributed by atoms with E-state index in [4.69, 9.17) is 9.47 Å². The molecule has 1 aliphatic heterocycles. The number of benzene rings is 1. The average molecular weight is 401 g/mol. The maximum absolute atomic E-state index is 5.69. The van der Waals surface area contributed by atoms with E-state index in [1.165, 1.54) is 102 Å². The van der Waals surface area contributed by atoms with E-state index in [1.54, 1.807) is 0 Å². The monoisotopic (exact) mass is 400 g/mol. The van der Waals surface area contributed by atoms with Gasteiger partial charge < -0.3 is 9.47 Å². The van der Waals surface area contributed by atoms with Crippen LogP contribution in [0.1, 0.15) is 102 Å². The van der Waals surface area contributed by atoms with Gasteiger partial charge in [0.25, 0.3) is 0 Å². The first-order chi connectivity index (χ1) is 14.4. The third-order valence-electron chi connectivity index (χ3n) is 5.83. The lowest BCUT2D eigenvalue weighted by Crippen LogP contribution is -2.03. The van der Waals surface area contributed by atoms with Crippen LogP contribution < -0.4 is 4.74 Å². The molecule has 0 radical (unpaired) electrons. The van der Waals surface area contributed by atoms with Crippen LogP contribution in [-0.2, 0) is 11.2 Å². The van der Waals surface area contributed by atoms with Gasteiger partial charge in [-0.05, 0) is 50.3 Å². The molecule has 164 valence electrons. The Morgan fingerprint density at radius 3 is 1.83 bits per heavy atom. The van der Waals surface area contributed by atoms with Crippen LogP contribution in [0.2, 0.25) is 0 Å². The second-order valence-electron chi connectivity index (χ2n) is 8.61. The van der Waals surface area contributed by atoms with Crippen LogP contribution >= 0.6 is 0 Å². The number of rotatable bonds is 19. The Hall–Kier alpha value is -1.28. The number of epoxide rings is 1. The molecule has 1 fully saturated rings. The van der Waals surface area contributed by atoms with Crippen LogP contribution in [0.15, 0.2) is 36.4 Å².